The van der Waals surface area contributed by atoms with Crippen molar-refractivity contribution < 1.29 is 27.5 Å². The summed E-state index contributed by atoms with van der Waals surface area (Å²) in [6.07, 6.45) is -0.477. The highest BCUT2D eigenvalue weighted by Crippen LogP contribution is 2.40. The van der Waals surface area contributed by atoms with Crippen LogP contribution in [-0.4, -0.2) is 31.9 Å². The SMILES string of the molecule is CCN1C(=O)c2cccc3c(S(=O)(=O)NC(CC(=O)O)c4ccc(C)o4)ccc1c23. The van der Waals surface area contributed by atoms with Gasteiger partial charge >= 0.3 is 5.97 Å². The maximum absolute atomic E-state index is 13.2. The largest absolute Gasteiger partial charge is 0.481 e. The van der Waals surface area contributed by atoms with Crippen molar-refractivity contribution in [3.8, 4) is 0 Å². The van der Waals surface area contributed by atoms with E-state index in [1.165, 1.54) is 6.07 Å². The molecule has 1 atom stereocenters. The predicted octanol–water partition coefficient (Wildman–Crippen LogP) is 3.22. The fraction of sp³-hybridized carbons (Fsp3) is 0.238. The number of carboxylic acids is 1. The van der Waals surface area contributed by atoms with Gasteiger partial charge in [-0.25, -0.2) is 8.42 Å². The van der Waals surface area contributed by atoms with Gasteiger partial charge in [-0.1, -0.05) is 12.1 Å². The molecule has 1 unspecified atom stereocenters. The number of aryl methyl sites for hydroxylation is 1. The molecular formula is C21H20N2O6S. The van der Waals surface area contributed by atoms with Crippen molar-refractivity contribution >= 4 is 38.4 Å². The molecule has 0 bridgehead atoms. The third kappa shape index (κ3) is 3.25. The number of hydrogen-bond acceptors (Lipinski definition) is 5. The molecule has 0 spiro atoms. The first kappa shape index (κ1) is 20.1. The van der Waals surface area contributed by atoms with Crippen LogP contribution in [0.1, 0.15) is 41.3 Å². The Bertz CT molecular complexity index is 1280. The fourth-order valence-corrected chi connectivity index (χ4v) is 5.24. The number of carbonyl (C=O) groups excluding carboxylic acids is 1. The lowest BCUT2D eigenvalue weighted by Crippen LogP contribution is -2.30. The average molecular weight is 428 g/mol. The van der Waals surface area contributed by atoms with Gasteiger partial charge in [0.2, 0.25) is 10.0 Å². The minimum atomic E-state index is -4.12. The number of sulfonamides is 1. The quantitative estimate of drug-likeness (QED) is 0.597. The summed E-state index contributed by atoms with van der Waals surface area (Å²) in [5, 5.41) is 10.2. The lowest BCUT2D eigenvalue weighted by Gasteiger charge is -2.18. The number of anilines is 1. The van der Waals surface area contributed by atoms with Crippen LogP contribution in [0.3, 0.4) is 0 Å². The summed E-state index contributed by atoms with van der Waals surface area (Å²) in [6, 6.07) is 10.1. The van der Waals surface area contributed by atoms with Gasteiger partial charge < -0.3 is 14.4 Å². The summed E-state index contributed by atoms with van der Waals surface area (Å²) in [4.78, 5) is 25.5. The van der Waals surface area contributed by atoms with E-state index in [0.717, 1.165) is 0 Å². The molecule has 3 aromatic rings. The van der Waals surface area contributed by atoms with Crippen LogP contribution in [-0.2, 0) is 14.8 Å². The maximum atomic E-state index is 13.2. The van der Waals surface area contributed by atoms with Gasteiger partial charge in [0.1, 0.15) is 11.5 Å². The van der Waals surface area contributed by atoms with E-state index >= 15 is 0 Å². The normalized spacial score (nSPS) is 14.5. The van der Waals surface area contributed by atoms with E-state index in [9.17, 15) is 23.1 Å². The van der Waals surface area contributed by atoms with E-state index in [-0.39, 0.29) is 16.6 Å². The summed E-state index contributed by atoms with van der Waals surface area (Å²) < 4.78 is 34.4. The zero-order valence-corrected chi connectivity index (χ0v) is 17.2. The molecule has 0 radical (unpaired) electrons. The van der Waals surface area contributed by atoms with Gasteiger partial charge in [-0.2, -0.15) is 4.72 Å². The summed E-state index contributed by atoms with van der Waals surface area (Å²) in [7, 11) is -4.12. The number of rotatable bonds is 7. The Morgan fingerprint density at radius 2 is 1.97 bits per heavy atom. The standard InChI is InChI=1S/C21H20N2O6S/c1-3-23-16-8-10-18(13-5-4-6-14(20(13)16)21(23)26)30(27,28)22-15(11-19(24)25)17-9-7-12(2)29-17/h4-10,15,22H,3,11H2,1-2H3,(H,24,25). The third-order valence-electron chi connectivity index (χ3n) is 5.13. The smallest absolute Gasteiger partial charge is 0.305 e. The number of benzene rings is 2. The molecule has 1 aromatic heterocycles. The lowest BCUT2D eigenvalue weighted by atomic mass is 10.1. The van der Waals surface area contributed by atoms with Gasteiger partial charge in [0.25, 0.3) is 5.91 Å². The topological polar surface area (TPSA) is 117 Å². The Labute approximate surface area is 173 Å². The zero-order chi connectivity index (χ0) is 21.6. The molecule has 9 heteroatoms. The monoisotopic (exact) mass is 428 g/mol. The van der Waals surface area contributed by atoms with Gasteiger partial charge in [0.05, 0.1) is 23.0 Å². The molecule has 156 valence electrons. The van der Waals surface area contributed by atoms with Gasteiger partial charge in [-0.3, -0.25) is 9.59 Å². The molecule has 30 heavy (non-hydrogen) atoms. The van der Waals surface area contributed by atoms with E-state index in [1.54, 1.807) is 48.2 Å². The number of nitrogens with one attached hydrogen (secondary N) is 1. The summed E-state index contributed by atoms with van der Waals surface area (Å²) in [6.45, 7) is 4.00. The van der Waals surface area contributed by atoms with Crippen molar-refractivity contribution in [1.82, 2.24) is 4.72 Å². The number of aliphatic carboxylic acids is 1. The molecule has 2 aromatic carbocycles. The van der Waals surface area contributed by atoms with Crippen LogP contribution in [0.15, 0.2) is 51.8 Å². The average Bonchev–Trinajstić information content (AvgIpc) is 3.24. The minimum Gasteiger partial charge on any atom is -0.481 e. The zero-order valence-electron chi connectivity index (χ0n) is 16.4. The first-order valence-electron chi connectivity index (χ1n) is 9.41. The second-order valence-corrected chi connectivity index (χ2v) is 8.76. The molecule has 1 amide bonds. The Morgan fingerprint density at radius 1 is 1.20 bits per heavy atom. The van der Waals surface area contributed by atoms with Gasteiger partial charge in [0.15, 0.2) is 0 Å². The van der Waals surface area contributed by atoms with Crippen LogP contribution in [0.5, 0.6) is 0 Å². The molecule has 0 aliphatic carbocycles. The number of amides is 1. The first-order valence-corrected chi connectivity index (χ1v) is 10.9. The van der Waals surface area contributed by atoms with E-state index < -0.39 is 28.5 Å². The van der Waals surface area contributed by atoms with Crippen molar-refractivity contribution in [1.29, 1.82) is 0 Å². The van der Waals surface area contributed by atoms with E-state index in [2.05, 4.69) is 4.72 Å². The Morgan fingerprint density at radius 3 is 2.60 bits per heavy atom. The van der Waals surface area contributed by atoms with Crippen LogP contribution in [0.25, 0.3) is 10.8 Å². The van der Waals surface area contributed by atoms with Crippen LogP contribution >= 0.6 is 0 Å². The molecular weight excluding hydrogens is 408 g/mol. The van der Waals surface area contributed by atoms with E-state index in [4.69, 9.17) is 4.42 Å². The highest BCUT2D eigenvalue weighted by molar-refractivity contribution is 7.89. The van der Waals surface area contributed by atoms with Gasteiger partial charge in [0, 0.05) is 22.9 Å². The minimum absolute atomic E-state index is 0.0208. The molecule has 0 saturated carbocycles. The lowest BCUT2D eigenvalue weighted by molar-refractivity contribution is -0.137. The Balaban J connectivity index is 1.81. The summed E-state index contributed by atoms with van der Waals surface area (Å²) in [5.41, 5.74) is 1.11. The van der Waals surface area contributed by atoms with Crippen molar-refractivity contribution in [2.45, 2.75) is 31.2 Å². The fourth-order valence-electron chi connectivity index (χ4n) is 3.83. The van der Waals surface area contributed by atoms with Crippen LogP contribution in [0.2, 0.25) is 0 Å². The second-order valence-electron chi connectivity index (χ2n) is 7.08. The van der Waals surface area contributed by atoms with Crippen molar-refractivity contribution in [2.75, 3.05) is 11.4 Å². The molecule has 1 aliphatic rings. The second kappa shape index (κ2) is 7.26. The molecule has 8 nitrogen and oxygen atoms in total. The number of hydrogen-bond donors (Lipinski definition) is 2. The molecule has 1 aliphatic heterocycles. The van der Waals surface area contributed by atoms with E-state index in [0.29, 0.717) is 34.3 Å². The highest BCUT2D eigenvalue weighted by Gasteiger charge is 2.33. The molecule has 0 fully saturated rings. The number of carbonyl (C=O) groups is 2. The summed E-state index contributed by atoms with van der Waals surface area (Å²) >= 11 is 0. The number of nitrogens with zero attached hydrogens (tertiary/aromatic N) is 1. The molecule has 0 saturated heterocycles. The maximum Gasteiger partial charge on any atom is 0.305 e. The molecule has 2 heterocycles. The van der Waals surface area contributed by atoms with Crippen LogP contribution in [0, 0.1) is 6.92 Å². The third-order valence-corrected chi connectivity index (χ3v) is 6.66. The van der Waals surface area contributed by atoms with Crippen molar-refractivity contribution in [2.24, 2.45) is 0 Å². The Kier molecular flexibility index (Phi) is 4.87. The number of furan rings is 1. The molecule has 2 N–H and O–H groups in total. The van der Waals surface area contributed by atoms with Crippen molar-refractivity contribution in [3.05, 3.63) is 59.5 Å². The van der Waals surface area contributed by atoms with E-state index in [1.807, 2.05) is 6.92 Å². The van der Waals surface area contributed by atoms with Gasteiger partial charge in [-0.05, 0) is 44.2 Å². The number of carboxylic acid groups (broad SMARTS) is 1. The van der Waals surface area contributed by atoms with Crippen molar-refractivity contribution in [3.63, 3.8) is 0 Å². The molecule has 4 rings (SSSR count). The van der Waals surface area contributed by atoms with Crippen LogP contribution in [0.4, 0.5) is 5.69 Å². The van der Waals surface area contributed by atoms with Crippen LogP contribution < -0.4 is 9.62 Å². The Hall–Kier alpha value is -3.17. The van der Waals surface area contributed by atoms with Gasteiger partial charge in [-0.15, -0.1) is 0 Å². The highest BCUT2D eigenvalue weighted by atomic mass is 32.2. The summed E-state index contributed by atoms with van der Waals surface area (Å²) in [5.74, 6) is -0.573. The predicted molar refractivity (Wildman–Crippen MR) is 110 cm³/mol. The first-order chi connectivity index (χ1) is 14.2.